The molecule has 294 valence electrons. The van der Waals surface area contributed by atoms with Crippen LogP contribution in [-0.2, 0) is 27.1 Å². The molecule has 0 atom stereocenters. The van der Waals surface area contributed by atoms with E-state index in [4.69, 9.17) is 40.7 Å². The van der Waals surface area contributed by atoms with Crippen LogP contribution in [0.5, 0.6) is 0 Å². The van der Waals surface area contributed by atoms with E-state index in [-0.39, 0.29) is 36.6 Å². The van der Waals surface area contributed by atoms with Gasteiger partial charge < -0.3 is 27.1 Å². The molecule has 0 amide bonds. The number of rotatable bonds is 12. The Morgan fingerprint density at radius 3 is 0.686 bits per heavy atom. The predicted molar refractivity (Wildman–Crippen MR) is 197 cm³/mol. The van der Waals surface area contributed by atoms with Gasteiger partial charge in [0, 0.05) is 0 Å². The summed E-state index contributed by atoms with van der Waals surface area (Å²) >= 11 is 0. The maximum Gasteiger partial charge on any atom is 0.349 e. The van der Waals surface area contributed by atoms with E-state index in [1.165, 1.54) is 0 Å². The summed E-state index contributed by atoms with van der Waals surface area (Å²) in [6, 6.07) is 0. The molecule has 1 aliphatic heterocycles. The smallest absolute Gasteiger partial charge is 0.303 e. The van der Waals surface area contributed by atoms with Gasteiger partial charge in [-0.3, -0.25) is 0 Å². The van der Waals surface area contributed by atoms with Crippen LogP contribution in [0.15, 0.2) is 13.5 Å². The van der Waals surface area contributed by atoms with Gasteiger partial charge in [0.15, 0.2) is 0 Å². The number of hydrogen-bond donors (Lipinski definition) is 0. The van der Waals surface area contributed by atoms with Crippen molar-refractivity contribution < 1.29 is 40.3 Å². The van der Waals surface area contributed by atoms with Crippen LogP contribution < -0.4 is 0 Å². The molecule has 6 saturated carbocycles. The van der Waals surface area contributed by atoms with Crippen LogP contribution in [0.1, 0.15) is 173 Å². The lowest BCUT2D eigenvalue weighted by Crippen LogP contribution is -2.26. The first-order valence-electron chi connectivity index (χ1n) is 20.7. The Morgan fingerprint density at radius 1 is 0.275 bits per heavy atom. The molecule has 7 rings (SSSR count). The van der Waals surface area contributed by atoms with Crippen LogP contribution in [-0.4, -0.2) is 55.1 Å². The minimum absolute atomic E-state index is 0.118. The van der Waals surface area contributed by atoms with Gasteiger partial charge in [-0.15, -0.1) is 13.5 Å². The molecule has 0 radical (unpaired) electrons. The van der Waals surface area contributed by atoms with E-state index in [1.807, 2.05) is 0 Å². The van der Waals surface area contributed by atoms with Crippen molar-refractivity contribution in [2.45, 2.75) is 229 Å². The molecular weight excluding hydrogens is 720 g/mol. The molecule has 0 saturated heterocycles. The molecule has 0 unspecified atom stereocenters. The summed E-state index contributed by atoms with van der Waals surface area (Å²) < 4.78 is 103. The fraction of sp³-hybridized carbons (Fsp3) is 1.00. The van der Waals surface area contributed by atoms with Crippen LogP contribution in [0.2, 0.25) is 0 Å². The zero-order valence-electron chi connectivity index (χ0n) is 30.6. The molecule has 9 nitrogen and oxygen atoms in total. The second-order valence-corrected chi connectivity index (χ2v) is 22.6. The lowest BCUT2D eigenvalue weighted by molar-refractivity contribution is 0.0665. The molecule has 0 spiro atoms. The van der Waals surface area contributed by atoms with E-state index < -0.39 is 41.5 Å². The highest BCUT2D eigenvalue weighted by Gasteiger charge is 2.49. The average molecular weight is 784 g/mol. The van der Waals surface area contributed by atoms with Crippen molar-refractivity contribution in [2.75, 3.05) is 0 Å². The monoisotopic (exact) mass is 783 g/mol. The summed E-state index contributed by atoms with van der Waals surface area (Å²) in [7, 11) is -10.8. The van der Waals surface area contributed by atoms with Crippen LogP contribution >= 0.6 is 23.0 Å². The standard InChI is InChI=1S/C36H63F3N3O6P3/c37-28-16-22-34(23-17-28)46-49(43-31-10-4-1-5-11-31)40-50(44-32-12-6-2-7-13-32,47-35-24-18-29(38)19-25-35)42-51(41-49,45-33-14-8-3-9-15-33)48-36-26-20-30(39)21-27-36/h28-36H,1-27H2. The van der Waals surface area contributed by atoms with Gasteiger partial charge in [-0.2, -0.15) is 0 Å². The highest BCUT2D eigenvalue weighted by atomic mass is 31.3. The van der Waals surface area contributed by atoms with Crippen LogP contribution in [0.3, 0.4) is 0 Å². The quantitative estimate of drug-likeness (QED) is 0.183. The first kappa shape index (κ1) is 39.5. The van der Waals surface area contributed by atoms with Gasteiger partial charge in [-0.25, -0.2) is 13.2 Å². The van der Waals surface area contributed by atoms with Crippen molar-refractivity contribution in [3.05, 3.63) is 0 Å². The molecule has 15 heteroatoms. The van der Waals surface area contributed by atoms with Gasteiger partial charge in [-0.05, 0) is 116 Å². The zero-order chi connectivity index (χ0) is 35.2. The van der Waals surface area contributed by atoms with Crippen molar-refractivity contribution >= 4 is 23.0 Å². The minimum atomic E-state index is -3.60. The molecular formula is C36H63F3N3O6P3. The third kappa shape index (κ3) is 11.2. The molecule has 0 bridgehead atoms. The Morgan fingerprint density at radius 2 is 0.471 bits per heavy atom. The second kappa shape index (κ2) is 18.5. The Kier molecular flexibility index (Phi) is 14.3. The fourth-order valence-corrected chi connectivity index (χ4v) is 19.5. The number of halogens is 3. The van der Waals surface area contributed by atoms with Gasteiger partial charge in [0.25, 0.3) is 0 Å². The van der Waals surface area contributed by atoms with E-state index in [1.54, 1.807) is 0 Å². The first-order chi connectivity index (χ1) is 24.8. The van der Waals surface area contributed by atoms with Crippen molar-refractivity contribution in [1.82, 2.24) is 0 Å². The number of alkyl halides is 3. The maximum atomic E-state index is 14.5. The lowest BCUT2D eigenvalue weighted by Gasteiger charge is -2.41. The molecule has 0 N–H and O–H groups in total. The predicted octanol–water partition coefficient (Wildman–Crippen LogP) is 13.8. The Labute approximate surface area is 304 Å². The summed E-state index contributed by atoms with van der Waals surface area (Å²) in [6.07, 6.45) is 17.0. The van der Waals surface area contributed by atoms with E-state index in [0.29, 0.717) is 77.0 Å². The summed E-state index contributed by atoms with van der Waals surface area (Å²) in [4.78, 5) is 0. The SMILES string of the molecule is FC1CCC(OP2(OC3CCCCC3)=NP(OC3CCCCC3)(OC3CCC(F)CC3)=NP(OC3CCCCC3)(OC3CCC(F)CC3)=N2)CC1. The molecule has 6 aliphatic carbocycles. The largest absolute Gasteiger partial charge is 0.349 e. The van der Waals surface area contributed by atoms with E-state index in [2.05, 4.69) is 0 Å². The van der Waals surface area contributed by atoms with Gasteiger partial charge in [0.1, 0.15) is 18.5 Å². The molecule has 1 heterocycles. The molecule has 7 aliphatic rings. The average Bonchev–Trinajstić information content (AvgIpc) is 3.12. The maximum absolute atomic E-state index is 14.5. The molecule has 0 aromatic heterocycles. The Balaban J connectivity index is 1.38. The highest BCUT2D eigenvalue weighted by Crippen LogP contribution is 2.82. The number of hydrogen-bond acceptors (Lipinski definition) is 9. The summed E-state index contributed by atoms with van der Waals surface area (Å²) in [5.41, 5.74) is 0. The van der Waals surface area contributed by atoms with Crippen molar-refractivity contribution in [1.29, 1.82) is 0 Å². The lowest BCUT2D eigenvalue weighted by atomic mass is 9.96. The van der Waals surface area contributed by atoms with E-state index in [0.717, 1.165) is 96.3 Å². The third-order valence-corrected chi connectivity index (χ3v) is 20.7. The van der Waals surface area contributed by atoms with Gasteiger partial charge in [-0.1, -0.05) is 57.8 Å². The highest BCUT2D eigenvalue weighted by molar-refractivity contribution is 7.78. The zero-order valence-corrected chi connectivity index (χ0v) is 33.2. The normalized spacial score (nSPS) is 42.4. The van der Waals surface area contributed by atoms with Crippen molar-refractivity contribution in [3.8, 4) is 0 Å². The van der Waals surface area contributed by atoms with E-state index in [9.17, 15) is 13.2 Å². The van der Waals surface area contributed by atoms with Gasteiger partial charge in [0.2, 0.25) is 0 Å². The second-order valence-electron chi connectivity index (χ2n) is 16.3. The topological polar surface area (TPSA) is 92.5 Å². The molecule has 51 heavy (non-hydrogen) atoms. The first-order valence-corrected chi connectivity index (χ1v) is 25.3. The molecule has 0 aromatic carbocycles. The van der Waals surface area contributed by atoms with Gasteiger partial charge >= 0.3 is 23.0 Å². The summed E-state index contributed by atoms with van der Waals surface area (Å²) in [5, 5.41) is 0. The van der Waals surface area contributed by atoms with Crippen LogP contribution in [0.25, 0.3) is 0 Å². The van der Waals surface area contributed by atoms with Gasteiger partial charge in [0.05, 0.1) is 36.6 Å². The van der Waals surface area contributed by atoms with Crippen LogP contribution in [0.4, 0.5) is 13.2 Å². The van der Waals surface area contributed by atoms with E-state index >= 15 is 0 Å². The third-order valence-electron chi connectivity index (χ3n) is 11.9. The Bertz CT molecular complexity index is 1100. The van der Waals surface area contributed by atoms with Crippen molar-refractivity contribution in [2.24, 2.45) is 13.5 Å². The fourth-order valence-electron chi connectivity index (χ4n) is 8.87. The Hall–Kier alpha value is 0.240. The van der Waals surface area contributed by atoms with Crippen molar-refractivity contribution in [3.63, 3.8) is 0 Å². The molecule has 6 fully saturated rings. The summed E-state index contributed by atoms with van der Waals surface area (Å²) in [5.74, 6) is 0. The minimum Gasteiger partial charge on any atom is -0.303 e. The van der Waals surface area contributed by atoms with Crippen LogP contribution in [0, 0.1) is 0 Å². The molecule has 0 aromatic rings. The summed E-state index contributed by atoms with van der Waals surface area (Å²) in [6.45, 7) is 0. The number of nitrogens with zero attached hydrogens (tertiary/aromatic N) is 3.